The van der Waals surface area contributed by atoms with Gasteiger partial charge >= 0.3 is 0 Å². The number of benzene rings is 2. The van der Waals surface area contributed by atoms with E-state index in [1.54, 1.807) is 4.68 Å². The third kappa shape index (κ3) is 4.59. The molecule has 2 unspecified atom stereocenters. The van der Waals surface area contributed by atoms with Crippen molar-refractivity contribution in [1.29, 1.82) is 0 Å². The van der Waals surface area contributed by atoms with Crippen molar-refractivity contribution in [3.8, 4) is 5.69 Å². The van der Waals surface area contributed by atoms with E-state index in [-0.39, 0.29) is 17.1 Å². The first-order valence-electron chi connectivity index (χ1n) is 9.31. The molecule has 1 N–H and O–H groups in total. The topological polar surface area (TPSA) is 72.7 Å². The average Bonchev–Trinajstić information content (AvgIpc) is 3.16. The summed E-state index contributed by atoms with van der Waals surface area (Å²) in [7, 11) is 0. The molecule has 0 fully saturated rings. The Hall–Kier alpha value is -2.67. The Morgan fingerprint density at radius 2 is 1.86 bits per heavy atom. The summed E-state index contributed by atoms with van der Waals surface area (Å²) < 4.78 is 1.70. The summed E-state index contributed by atoms with van der Waals surface area (Å²) in [5.41, 5.74) is 4.43. The van der Waals surface area contributed by atoms with Gasteiger partial charge in [-0.15, -0.1) is 5.10 Å². The molecule has 0 aliphatic rings. The Labute approximate surface area is 169 Å². The van der Waals surface area contributed by atoms with Crippen LogP contribution in [0.1, 0.15) is 36.5 Å². The van der Waals surface area contributed by atoms with Gasteiger partial charge in [-0.3, -0.25) is 4.79 Å². The van der Waals surface area contributed by atoms with Crippen LogP contribution in [-0.2, 0) is 4.79 Å². The molecule has 0 aliphatic carbocycles. The molecule has 3 rings (SSSR count). The van der Waals surface area contributed by atoms with Crippen molar-refractivity contribution < 1.29 is 4.79 Å². The van der Waals surface area contributed by atoms with Crippen molar-refractivity contribution >= 4 is 17.7 Å². The summed E-state index contributed by atoms with van der Waals surface area (Å²) in [4.78, 5) is 12.6. The second-order valence-electron chi connectivity index (χ2n) is 6.91. The third-order valence-corrected chi connectivity index (χ3v) is 5.88. The number of aromatic nitrogens is 4. The molecule has 6 nitrogen and oxygen atoms in total. The van der Waals surface area contributed by atoms with Crippen LogP contribution in [0, 0.1) is 13.8 Å². The molecule has 7 heteroatoms. The van der Waals surface area contributed by atoms with E-state index in [1.165, 1.54) is 22.9 Å². The maximum Gasteiger partial charge on any atom is 0.233 e. The lowest BCUT2D eigenvalue weighted by molar-refractivity contribution is -0.120. The van der Waals surface area contributed by atoms with Crippen LogP contribution < -0.4 is 5.32 Å². The van der Waals surface area contributed by atoms with Crippen LogP contribution >= 0.6 is 11.8 Å². The van der Waals surface area contributed by atoms with E-state index in [9.17, 15) is 4.79 Å². The van der Waals surface area contributed by atoms with E-state index in [4.69, 9.17) is 0 Å². The number of hydrogen-bond donors (Lipinski definition) is 1. The smallest absolute Gasteiger partial charge is 0.233 e. The summed E-state index contributed by atoms with van der Waals surface area (Å²) in [6.45, 7) is 8.67. The van der Waals surface area contributed by atoms with E-state index in [2.05, 4.69) is 52.9 Å². The molecule has 1 aromatic heterocycles. The molecule has 0 aliphatic heterocycles. The Balaban J connectivity index is 1.64. The molecular weight excluding hydrogens is 370 g/mol. The predicted molar refractivity (Wildman–Crippen MR) is 112 cm³/mol. The zero-order valence-corrected chi connectivity index (χ0v) is 17.4. The van der Waals surface area contributed by atoms with Gasteiger partial charge < -0.3 is 5.32 Å². The summed E-state index contributed by atoms with van der Waals surface area (Å²) >= 11 is 1.36. The van der Waals surface area contributed by atoms with Crippen LogP contribution in [0.4, 0.5) is 0 Å². The van der Waals surface area contributed by atoms with Crippen LogP contribution in [0.25, 0.3) is 5.69 Å². The summed E-state index contributed by atoms with van der Waals surface area (Å²) in [5, 5.41) is 15.4. The molecule has 1 amide bonds. The number of carbonyl (C=O) groups excluding carboxylic acids is 1. The normalized spacial score (nSPS) is 13.1. The van der Waals surface area contributed by atoms with E-state index >= 15 is 0 Å². The number of tetrazole rings is 1. The minimum Gasteiger partial charge on any atom is -0.355 e. The minimum absolute atomic E-state index is 0.0247. The van der Waals surface area contributed by atoms with Gasteiger partial charge in [0.1, 0.15) is 0 Å². The quantitative estimate of drug-likeness (QED) is 0.618. The highest BCUT2D eigenvalue weighted by molar-refractivity contribution is 8.00. The summed E-state index contributed by atoms with van der Waals surface area (Å²) in [5.74, 6) is 0.228. The lowest BCUT2D eigenvalue weighted by Crippen LogP contribution is -2.33. The predicted octanol–water partition coefficient (Wildman–Crippen LogP) is 3.68. The molecule has 0 saturated carbocycles. The maximum atomic E-state index is 12.6. The SMILES string of the molecule is Cc1cccc(-n2nnnc2SC(C)C(=O)NCC(C)c2ccccc2)c1C. The van der Waals surface area contributed by atoms with Crippen LogP contribution in [0.2, 0.25) is 0 Å². The van der Waals surface area contributed by atoms with Gasteiger partial charge in [0.2, 0.25) is 11.1 Å². The van der Waals surface area contributed by atoms with Gasteiger partial charge in [-0.2, -0.15) is 4.68 Å². The zero-order chi connectivity index (χ0) is 20.1. The molecule has 28 heavy (non-hydrogen) atoms. The first-order chi connectivity index (χ1) is 13.5. The highest BCUT2D eigenvalue weighted by Gasteiger charge is 2.20. The molecular formula is C21H25N5OS. The van der Waals surface area contributed by atoms with Gasteiger partial charge in [0.15, 0.2) is 0 Å². The highest BCUT2D eigenvalue weighted by Crippen LogP contribution is 2.25. The van der Waals surface area contributed by atoms with Crippen molar-refractivity contribution in [2.24, 2.45) is 0 Å². The molecule has 2 atom stereocenters. The summed E-state index contributed by atoms with van der Waals surface area (Å²) in [6, 6.07) is 16.2. The van der Waals surface area contributed by atoms with Crippen molar-refractivity contribution in [2.45, 2.75) is 44.0 Å². The second kappa shape index (κ2) is 9.01. The lowest BCUT2D eigenvalue weighted by Gasteiger charge is -2.16. The second-order valence-corrected chi connectivity index (χ2v) is 8.22. The number of aryl methyl sites for hydroxylation is 1. The Morgan fingerprint density at radius 1 is 1.11 bits per heavy atom. The zero-order valence-electron chi connectivity index (χ0n) is 16.6. The van der Waals surface area contributed by atoms with E-state index in [0.29, 0.717) is 11.7 Å². The highest BCUT2D eigenvalue weighted by atomic mass is 32.2. The van der Waals surface area contributed by atoms with Gasteiger partial charge in [0.05, 0.1) is 10.9 Å². The number of carbonyl (C=O) groups is 1. The van der Waals surface area contributed by atoms with Gasteiger partial charge in [0.25, 0.3) is 0 Å². The van der Waals surface area contributed by atoms with Gasteiger partial charge in [-0.1, -0.05) is 61.2 Å². The Kier molecular flexibility index (Phi) is 6.46. The molecule has 0 spiro atoms. The first kappa shape index (κ1) is 20.1. The largest absolute Gasteiger partial charge is 0.355 e. The first-order valence-corrected chi connectivity index (χ1v) is 10.2. The number of hydrogen-bond acceptors (Lipinski definition) is 5. The van der Waals surface area contributed by atoms with Crippen molar-refractivity contribution in [3.05, 3.63) is 65.2 Å². The van der Waals surface area contributed by atoms with Gasteiger partial charge in [-0.05, 0) is 59.9 Å². The number of amides is 1. The Bertz CT molecular complexity index is 941. The Morgan fingerprint density at radius 3 is 2.61 bits per heavy atom. The van der Waals surface area contributed by atoms with Gasteiger partial charge in [-0.25, -0.2) is 0 Å². The molecule has 0 radical (unpaired) electrons. The third-order valence-electron chi connectivity index (χ3n) is 4.85. The fraction of sp³-hybridized carbons (Fsp3) is 0.333. The standard InChI is InChI=1S/C21H25N5OS/c1-14-9-8-12-19(16(14)3)26-21(23-24-25-26)28-17(4)20(27)22-13-15(2)18-10-6-5-7-11-18/h5-12,15,17H,13H2,1-4H3,(H,22,27). The fourth-order valence-electron chi connectivity index (χ4n) is 2.88. The summed E-state index contributed by atoms with van der Waals surface area (Å²) in [6.07, 6.45) is 0. The van der Waals surface area contributed by atoms with Crippen LogP contribution in [-0.4, -0.2) is 37.9 Å². The minimum atomic E-state index is -0.308. The number of rotatable bonds is 7. The molecule has 0 saturated heterocycles. The van der Waals surface area contributed by atoms with Crippen LogP contribution in [0.15, 0.2) is 53.7 Å². The number of nitrogens with one attached hydrogen (secondary N) is 1. The monoisotopic (exact) mass is 395 g/mol. The van der Waals surface area contributed by atoms with Crippen molar-refractivity contribution in [3.63, 3.8) is 0 Å². The van der Waals surface area contributed by atoms with E-state index < -0.39 is 0 Å². The molecule has 146 valence electrons. The van der Waals surface area contributed by atoms with Gasteiger partial charge in [0, 0.05) is 6.54 Å². The van der Waals surface area contributed by atoms with Crippen molar-refractivity contribution in [1.82, 2.24) is 25.5 Å². The fourth-order valence-corrected chi connectivity index (χ4v) is 3.70. The molecule has 0 bridgehead atoms. The van der Waals surface area contributed by atoms with Crippen molar-refractivity contribution in [2.75, 3.05) is 6.54 Å². The van der Waals surface area contributed by atoms with Crippen LogP contribution in [0.3, 0.4) is 0 Å². The number of nitrogens with zero attached hydrogens (tertiary/aromatic N) is 4. The van der Waals surface area contributed by atoms with E-state index in [0.717, 1.165) is 11.3 Å². The molecule has 3 aromatic rings. The average molecular weight is 396 g/mol. The molecule has 1 heterocycles. The number of thioether (sulfide) groups is 1. The maximum absolute atomic E-state index is 12.6. The van der Waals surface area contributed by atoms with Crippen LogP contribution in [0.5, 0.6) is 0 Å². The van der Waals surface area contributed by atoms with E-state index in [1.807, 2.05) is 44.2 Å². The lowest BCUT2D eigenvalue weighted by atomic mass is 10.0. The molecule has 2 aromatic carbocycles.